The second-order valence-corrected chi connectivity index (χ2v) is 7.49. The van der Waals surface area contributed by atoms with Crippen LogP contribution < -0.4 is 20.1 Å². The van der Waals surface area contributed by atoms with E-state index in [1.54, 1.807) is 7.11 Å². The van der Waals surface area contributed by atoms with Gasteiger partial charge < -0.3 is 15.4 Å². The van der Waals surface area contributed by atoms with Crippen molar-refractivity contribution in [3.63, 3.8) is 0 Å². The first-order valence-electron chi connectivity index (χ1n) is 8.54. The molecule has 25 heavy (non-hydrogen) atoms. The second-order valence-electron chi connectivity index (χ2n) is 5.66. The van der Waals surface area contributed by atoms with Crippen molar-refractivity contribution < 1.29 is 13.2 Å². The molecular formula is C17H30N4O3S. The van der Waals surface area contributed by atoms with Crippen molar-refractivity contribution in [1.82, 2.24) is 15.4 Å². The molecule has 0 radical (unpaired) electrons. The monoisotopic (exact) mass is 370 g/mol. The van der Waals surface area contributed by atoms with Crippen LogP contribution in [0.1, 0.15) is 25.3 Å². The lowest BCUT2D eigenvalue weighted by atomic mass is 10.1. The van der Waals surface area contributed by atoms with E-state index in [0.717, 1.165) is 44.4 Å². The Morgan fingerprint density at radius 3 is 2.44 bits per heavy atom. The average molecular weight is 371 g/mol. The molecular weight excluding hydrogens is 340 g/mol. The molecule has 1 aromatic carbocycles. The highest BCUT2D eigenvalue weighted by molar-refractivity contribution is 7.88. The summed E-state index contributed by atoms with van der Waals surface area (Å²) in [5.74, 6) is 1.59. The Labute approximate surface area is 151 Å². The van der Waals surface area contributed by atoms with Gasteiger partial charge in [-0.25, -0.2) is 13.1 Å². The number of hydrogen-bond acceptors (Lipinski definition) is 4. The summed E-state index contributed by atoms with van der Waals surface area (Å²) < 4.78 is 29.6. The summed E-state index contributed by atoms with van der Waals surface area (Å²) in [4.78, 5) is 4.50. The number of hydrogen-bond donors (Lipinski definition) is 3. The number of aliphatic imine (C=N–C) groups is 1. The highest BCUT2D eigenvalue weighted by Gasteiger charge is 2.01. The molecule has 0 aliphatic carbocycles. The van der Waals surface area contributed by atoms with Gasteiger partial charge in [0.15, 0.2) is 5.96 Å². The van der Waals surface area contributed by atoms with Crippen LogP contribution in [0.5, 0.6) is 5.75 Å². The Balaban J connectivity index is 2.26. The first-order chi connectivity index (χ1) is 11.9. The minimum atomic E-state index is -3.15. The molecule has 142 valence electrons. The second kappa shape index (κ2) is 11.7. The van der Waals surface area contributed by atoms with Gasteiger partial charge in [0.1, 0.15) is 5.75 Å². The predicted molar refractivity (Wildman–Crippen MR) is 103 cm³/mol. The Morgan fingerprint density at radius 1 is 1.12 bits per heavy atom. The first-order valence-corrected chi connectivity index (χ1v) is 10.4. The van der Waals surface area contributed by atoms with Gasteiger partial charge in [-0.2, -0.15) is 0 Å². The Kier molecular flexibility index (Phi) is 9.94. The molecule has 8 heteroatoms. The summed E-state index contributed by atoms with van der Waals surface area (Å²) in [6.07, 6.45) is 4.21. The van der Waals surface area contributed by atoms with E-state index < -0.39 is 10.0 Å². The summed E-state index contributed by atoms with van der Waals surface area (Å²) in [7, 11) is -1.48. The van der Waals surface area contributed by atoms with E-state index in [9.17, 15) is 8.42 Å². The van der Waals surface area contributed by atoms with Crippen molar-refractivity contribution in [1.29, 1.82) is 0 Å². The summed E-state index contributed by atoms with van der Waals surface area (Å²) >= 11 is 0. The van der Waals surface area contributed by atoms with Gasteiger partial charge in [-0.05, 0) is 43.9 Å². The maximum Gasteiger partial charge on any atom is 0.208 e. The number of nitrogens with zero attached hydrogens (tertiary/aromatic N) is 1. The van der Waals surface area contributed by atoms with Crippen molar-refractivity contribution in [3.05, 3.63) is 29.8 Å². The molecule has 0 heterocycles. The number of sulfonamides is 1. The fourth-order valence-corrected chi connectivity index (χ4v) is 2.66. The molecule has 7 nitrogen and oxygen atoms in total. The molecule has 0 bridgehead atoms. The Bertz CT molecular complexity index is 615. The van der Waals surface area contributed by atoms with Gasteiger partial charge in [0.25, 0.3) is 0 Å². The quantitative estimate of drug-likeness (QED) is 0.308. The van der Waals surface area contributed by atoms with E-state index in [0.29, 0.717) is 19.0 Å². The van der Waals surface area contributed by atoms with Gasteiger partial charge in [-0.3, -0.25) is 4.99 Å². The van der Waals surface area contributed by atoms with Crippen molar-refractivity contribution >= 4 is 16.0 Å². The molecule has 0 aliphatic heterocycles. The Morgan fingerprint density at radius 2 is 1.84 bits per heavy atom. The number of guanidine groups is 1. The molecule has 0 saturated heterocycles. The molecule has 0 aromatic heterocycles. The van der Waals surface area contributed by atoms with E-state index in [-0.39, 0.29) is 0 Å². The SMILES string of the molecule is CCNC(=NCCCCc1ccc(OC)cc1)NCCNS(C)(=O)=O. The molecule has 0 fully saturated rings. The zero-order chi connectivity index (χ0) is 18.5. The molecule has 0 atom stereocenters. The maximum absolute atomic E-state index is 11.0. The lowest BCUT2D eigenvalue weighted by Gasteiger charge is -2.11. The summed E-state index contributed by atoms with van der Waals surface area (Å²) in [5.41, 5.74) is 1.29. The van der Waals surface area contributed by atoms with Crippen LogP contribution in [0.15, 0.2) is 29.3 Å². The summed E-state index contributed by atoms with van der Waals surface area (Å²) in [6, 6.07) is 8.13. The molecule has 0 spiro atoms. The van der Waals surface area contributed by atoms with Crippen molar-refractivity contribution in [2.24, 2.45) is 4.99 Å². The standard InChI is InChI=1S/C17H30N4O3S/c1-4-18-17(20-13-14-21-25(3,22)23)19-12-6-5-7-15-8-10-16(24-2)11-9-15/h8-11,21H,4-7,12-14H2,1-3H3,(H2,18,19,20). The van der Waals surface area contributed by atoms with Gasteiger partial charge in [-0.15, -0.1) is 0 Å². The number of aryl methyl sites for hydroxylation is 1. The average Bonchev–Trinajstić information content (AvgIpc) is 2.58. The third-order valence-corrected chi connectivity index (χ3v) is 4.16. The number of ether oxygens (including phenoxy) is 1. The molecule has 0 unspecified atom stereocenters. The third-order valence-electron chi connectivity index (χ3n) is 3.43. The van der Waals surface area contributed by atoms with E-state index in [1.165, 1.54) is 5.56 Å². The van der Waals surface area contributed by atoms with Crippen LogP contribution in [0.25, 0.3) is 0 Å². The number of unbranched alkanes of at least 4 members (excludes halogenated alkanes) is 1. The lowest BCUT2D eigenvalue weighted by Crippen LogP contribution is -2.41. The first kappa shape index (κ1) is 21.2. The zero-order valence-corrected chi connectivity index (χ0v) is 16.2. The molecule has 1 rings (SSSR count). The van der Waals surface area contributed by atoms with E-state index >= 15 is 0 Å². The predicted octanol–water partition coefficient (Wildman–Crippen LogP) is 1.12. The van der Waals surface area contributed by atoms with Crippen molar-refractivity contribution in [2.45, 2.75) is 26.2 Å². The topological polar surface area (TPSA) is 91.8 Å². The minimum Gasteiger partial charge on any atom is -0.497 e. The van der Waals surface area contributed by atoms with Crippen LogP contribution in [-0.2, 0) is 16.4 Å². The van der Waals surface area contributed by atoms with Crippen LogP contribution >= 0.6 is 0 Å². The van der Waals surface area contributed by atoms with Crippen molar-refractivity contribution in [3.8, 4) is 5.75 Å². The molecule has 1 aromatic rings. The normalized spacial score (nSPS) is 12.0. The van der Waals surface area contributed by atoms with Gasteiger partial charge >= 0.3 is 0 Å². The van der Waals surface area contributed by atoms with Crippen LogP contribution in [0.4, 0.5) is 0 Å². The van der Waals surface area contributed by atoms with Gasteiger partial charge in [0.05, 0.1) is 13.4 Å². The Hall–Kier alpha value is -1.80. The smallest absolute Gasteiger partial charge is 0.208 e. The van der Waals surface area contributed by atoms with Crippen LogP contribution in [0.3, 0.4) is 0 Å². The third kappa shape index (κ3) is 10.6. The highest BCUT2D eigenvalue weighted by atomic mass is 32.2. The highest BCUT2D eigenvalue weighted by Crippen LogP contribution is 2.13. The van der Waals surface area contributed by atoms with Crippen LogP contribution in [0.2, 0.25) is 0 Å². The van der Waals surface area contributed by atoms with Crippen molar-refractivity contribution in [2.75, 3.05) is 39.5 Å². The molecule has 0 aliphatic rings. The zero-order valence-electron chi connectivity index (χ0n) is 15.3. The summed E-state index contributed by atoms with van der Waals surface area (Å²) in [6.45, 7) is 4.31. The number of nitrogens with one attached hydrogen (secondary N) is 3. The largest absolute Gasteiger partial charge is 0.497 e. The maximum atomic E-state index is 11.0. The van der Waals surface area contributed by atoms with Gasteiger partial charge in [0.2, 0.25) is 10.0 Å². The molecule has 3 N–H and O–H groups in total. The lowest BCUT2D eigenvalue weighted by molar-refractivity contribution is 0.414. The van der Waals surface area contributed by atoms with Crippen LogP contribution in [-0.4, -0.2) is 53.9 Å². The number of rotatable bonds is 11. The van der Waals surface area contributed by atoms with E-state index in [4.69, 9.17) is 4.74 Å². The minimum absolute atomic E-state index is 0.334. The van der Waals surface area contributed by atoms with E-state index in [2.05, 4.69) is 32.5 Å². The van der Waals surface area contributed by atoms with Gasteiger partial charge in [0, 0.05) is 26.2 Å². The van der Waals surface area contributed by atoms with Gasteiger partial charge in [-0.1, -0.05) is 12.1 Å². The molecule has 0 amide bonds. The number of methoxy groups -OCH3 is 1. The van der Waals surface area contributed by atoms with E-state index in [1.807, 2.05) is 19.1 Å². The number of benzene rings is 1. The fourth-order valence-electron chi connectivity index (χ4n) is 2.18. The fraction of sp³-hybridized carbons (Fsp3) is 0.588. The summed E-state index contributed by atoms with van der Waals surface area (Å²) in [5, 5.41) is 6.26. The van der Waals surface area contributed by atoms with Crippen LogP contribution in [0, 0.1) is 0 Å². The molecule has 0 saturated carbocycles.